The molecule has 0 atom stereocenters. The minimum Gasteiger partial charge on any atom is -0.491 e. The molecule has 1 heterocycles. The molecular weight excluding hydrogens is 312 g/mol. The Hall–Kier alpha value is -2.14. The molecule has 132 valence electrons. The van der Waals surface area contributed by atoms with Crippen molar-refractivity contribution in [2.45, 2.75) is 13.0 Å². The number of nitrogens with zero attached hydrogens (tertiary/aromatic N) is 1. The van der Waals surface area contributed by atoms with Gasteiger partial charge < -0.3 is 9.47 Å². The van der Waals surface area contributed by atoms with Crippen LogP contribution in [0.15, 0.2) is 60.2 Å². The number of hydrogen-bond acceptors (Lipinski definition) is 4. The molecule has 2 aromatic rings. The highest BCUT2D eigenvalue weighted by atomic mass is 16.5. The molecule has 2 aromatic carbocycles. The van der Waals surface area contributed by atoms with E-state index in [9.17, 15) is 0 Å². The maximum Gasteiger partial charge on any atom is 0.120 e. The fourth-order valence-corrected chi connectivity index (χ4v) is 2.91. The molecule has 1 aliphatic heterocycles. The second kappa shape index (κ2) is 9.37. The summed E-state index contributed by atoms with van der Waals surface area (Å²) in [6.07, 6.45) is 3.37. The van der Waals surface area contributed by atoms with Crippen molar-refractivity contribution in [1.29, 1.82) is 0 Å². The van der Waals surface area contributed by atoms with Crippen LogP contribution in [0, 0.1) is 0 Å². The predicted octanol–water partition coefficient (Wildman–Crippen LogP) is 3.51. The molecule has 0 bridgehead atoms. The molecule has 1 aliphatic rings. The van der Waals surface area contributed by atoms with Crippen molar-refractivity contribution in [2.24, 2.45) is 0 Å². The third-order valence-corrected chi connectivity index (χ3v) is 4.23. The Kier molecular flexibility index (Phi) is 6.63. The van der Waals surface area contributed by atoms with E-state index in [0.29, 0.717) is 13.2 Å². The highest BCUT2D eigenvalue weighted by Crippen LogP contribution is 2.20. The summed E-state index contributed by atoms with van der Waals surface area (Å²) in [6.45, 7) is 4.06. The molecule has 0 unspecified atom stereocenters. The maximum atomic E-state index is 5.68. The van der Waals surface area contributed by atoms with Gasteiger partial charge in [0.05, 0.1) is 6.61 Å². The monoisotopic (exact) mass is 338 g/mol. The van der Waals surface area contributed by atoms with Gasteiger partial charge in [0.1, 0.15) is 12.4 Å². The molecule has 1 saturated heterocycles. The van der Waals surface area contributed by atoms with Gasteiger partial charge in [0, 0.05) is 26.7 Å². The molecule has 4 nitrogen and oxygen atoms in total. The lowest BCUT2D eigenvalue weighted by Gasteiger charge is -2.16. The van der Waals surface area contributed by atoms with Crippen LogP contribution in [0.1, 0.15) is 17.5 Å². The Balaban J connectivity index is 1.51. The van der Waals surface area contributed by atoms with Crippen LogP contribution in [0.2, 0.25) is 0 Å². The van der Waals surface area contributed by atoms with Gasteiger partial charge in [-0.15, -0.1) is 0 Å². The van der Waals surface area contributed by atoms with E-state index in [2.05, 4.69) is 52.9 Å². The number of nitrogens with one attached hydrogen (secondary N) is 1. The zero-order valence-corrected chi connectivity index (χ0v) is 14.8. The Bertz CT molecular complexity index is 685. The van der Waals surface area contributed by atoms with Gasteiger partial charge in [0.25, 0.3) is 0 Å². The number of hydrogen-bond donors (Lipinski definition) is 1. The number of rotatable bonds is 8. The predicted molar refractivity (Wildman–Crippen MR) is 101 cm³/mol. The van der Waals surface area contributed by atoms with Crippen LogP contribution in [0.5, 0.6) is 5.75 Å². The Morgan fingerprint density at radius 3 is 2.80 bits per heavy atom. The zero-order chi connectivity index (χ0) is 17.3. The molecule has 1 fully saturated rings. The van der Waals surface area contributed by atoms with E-state index in [-0.39, 0.29) is 0 Å². The van der Waals surface area contributed by atoms with Gasteiger partial charge in [-0.1, -0.05) is 54.1 Å². The zero-order valence-electron chi connectivity index (χ0n) is 14.8. The largest absolute Gasteiger partial charge is 0.491 e. The van der Waals surface area contributed by atoms with Crippen molar-refractivity contribution >= 4 is 6.08 Å². The van der Waals surface area contributed by atoms with Gasteiger partial charge in [-0.3, -0.25) is 5.43 Å². The van der Waals surface area contributed by atoms with Crippen molar-refractivity contribution in [2.75, 3.05) is 33.4 Å². The van der Waals surface area contributed by atoms with E-state index in [1.807, 2.05) is 18.2 Å². The maximum absolute atomic E-state index is 5.68. The lowest BCUT2D eigenvalue weighted by Crippen LogP contribution is -2.34. The fourth-order valence-electron chi connectivity index (χ4n) is 2.91. The fraction of sp³-hybridized carbons (Fsp3) is 0.333. The molecule has 0 aromatic heterocycles. The van der Waals surface area contributed by atoms with Gasteiger partial charge in [0.2, 0.25) is 0 Å². The summed E-state index contributed by atoms with van der Waals surface area (Å²) in [4.78, 5) is 0. The molecule has 0 amide bonds. The summed E-state index contributed by atoms with van der Waals surface area (Å²) in [7, 11) is 1.68. The topological polar surface area (TPSA) is 33.7 Å². The first kappa shape index (κ1) is 17.7. The van der Waals surface area contributed by atoms with Crippen molar-refractivity contribution in [1.82, 2.24) is 10.4 Å². The second-order valence-corrected chi connectivity index (χ2v) is 6.21. The minimum atomic E-state index is 0.577. The summed E-state index contributed by atoms with van der Waals surface area (Å²) in [5.41, 5.74) is 7.45. The van der Waals surface area contributed by atoms with E-state index < -0.39 is 0 Å². The van der Waals surface area contributed by atoms with Crippen molar-refractivity contribution < 1.29 is 9.47 Å². The first-order valence-electron chi connectivity index (χ1n) is 8.77. The molecule has 4 heteroatoms. The molecule has 1 N–H and O–H groups in total. The summed E-state index contributed by atoms with van der Waals surface area (Å²) in [5.74, 6) is 0.892. The molecule has 0 aliphatic carbocycles. The molecule has 0 radical (unpaired) electrons. The van der Waals surface area contributed by atoms with Crippen LogP contribution in [-0.2, 0) is 11.3 Å². The minimum absolute atomic E-state index is 0.577. The van der Waals surface area contributed by atoms with Crippen LogP contribution in [0.25, 0.3) is 6.08 Å². The summed E-state index contributed by atoms with van der Waals surface area (Å²) in [6, 6.07) is 18.7. The molecule has 25 heavy (non-hydrogen) atoms. The SMILES string of the molecule is COCCOc1cccc(C=C2CCN(NCc3ccccc3)C2)c1. The number of hydrazine groups is 1. The third kappa shape index (κ3) is 5.71. The first-order chi connectivity index (χ1) is 12.3. The molecule has 3 rings (SSSR count). The van der Waals surface area contributed by atoms with E-state index in [4.69, 9.17) is 9.47 Å². The van der Waals surface area contributed by atoms with Gasteiger partial charge in [-0.05, 0) is 29.7 Å². The third-order valence-electron chi connectivity index (χ3n) is 4.23. The lowest BCUT2D eigenvalue weighted by atomic mass is 10.1. The van der Waals surface area contributed by atoms with Gasteiger partial charge >= 0.3 is 0 Å². The van der Waals surface area contributed by atoms with Gasteiger partial charge in [-0.25, -0.2) is 5.01 Å². The van der Waals surface area contributed by atoms with Crippen molar-refractivity contribution in [3.8, 4) is 5.75 Å². The lowest BCUT2D eigenvalue weighted by molar-refractivity contribution is 0.146. The Morgan fingerprint density at radius 1 is 1.08 bits per heavy atom. The van der Waals surface area contributed by atoms with E-state index in [1.54, 1.807) is 7.11 Å². The molecule has 0 spiro atoms. The van der Waals surface area contributed by atoms with E-state index >= 15 is 0 Å². The first-order valence-corrected chi connectivity index (χ1v) is 8.77. The summed E-state index contributed by atoms with van der Waals surface area (Å²) in [5, 5.41) is 2.29. The highest BCUT2D eigenvalue weighted by molar-refractivity contribution is 5.55. The normalized spacial score (nSPS) is 16.4. The van der Waals surface area contributed by atoms with Crippen LogP contribution < -0.4 is 10.2 Å². The van der Waals surface area contributed by atoms with Gasteiger partial charge in [-0.2, -0.15) is 0 Å². The van der Waals surface area contributed by atoms with Crippen LogP contribution in [0.4, 0.5) is 0 Å². The summed E-state index contributed by atoms with van der Waals surface area (Å²) < 4.78 is 10.7. The highest BCUT2D eigenvalue weighted by Gasteiger charge is 2.15. The smallest absolute Gasteiger partial charge is 0.120 e. The Morgan fingerprint density at radius 2 is 1.96 bits per heavy atom. The average molecular weight is 338 g/mol. The molecular formula is C21H26N2O2. The summed E-state index contributed by atoms with van der Waals surface area (Å²) >= 11 is 0. The quantitative estimate of drug-likeness (QED) is 0.747. The van der Waals surface area contributed by atoms with E-state index in [1.165, 1.54) is 16.7 Å². The van der Waals surface area contributed by atoms with Crippen molar-refractivity contribution in [3.63, 3.8) is 0 Å². The standard InChI is InChI=1S/C21H26N2O2/c1-24-12-13-25-21-9-5-8-19(15-21)14-20-10-11-23(17-20)22-16-18-6-3-2-4-7-18/h2-9,14-15,22H,10-13,16-17H2,1H3. The molecule has 0 saturated carbocycles. The number of methoxy groups -OCH3 is 1. The van der Waals surface area contributed by atoms with Crippen LogP contribution in [-0.4, -0.2) is 38.4 Å². The van der Waals surface area contributed by atoms with E-state index in [0.717, 1.165) is 31.8 Å². The average Bonchev–Trinajstić information content (AvgIpc) is 3.09. The van der Waals surface area contributed by atoms with Crippen LogP contribution >= 0.6 is 0 Å². The van der Waals surface area contributed by atoms with Crippen molar-refractivity contribution in [3.05, 3.63) is 71.3 Å². The van der Waals surface area contributed by atoms with Gasteiger partial charge in [0.15, 0.2) is 0 Å². The number of ether oxygens (including phenoxy) is 2. The Labute approximate surface area is 150 Å². The van der Waals surface area contributed by atoms with Crippen LogP contribution in [0.3, 0.4) is 0 Å². The number of benzene rings is 2. The second-order valence-electron chi connectivity index (χ2n) is 6.21.